The number of hydrogen-bond acceptors (Lipinski definition) is 10. The van der Waals surface area contributed by atoms with Gasteiger partial charge in [0.15, 0.2) is 0 Å². The van der Waals surface area contributed by atoms with Gasteiger partial charge in [-0.25, -0.2) is 26.9 Å². The molecule has 1 aliphatic carbocycles. The summed E-state index contributed by atoms with van der Waals surface area (Å²) < 4.78 is 68.2. The first-order valence-corrected chi connectivity index (χ1v) is 23.0. The second-order valence-electron chi connectivity index (χ2n) is 16.9. The van der Waals surface area contributed by atoms with Crippen LogP contribution in [0.3, 0.4) is 0 Å². The summed E-state index contributed by atoms with van der Waals surface area (Å²) in [6, 6.07) is 19.0. The van der Waals surface area contributed by atoms with Crippen molar-refractivity contribution in [1.82, 2.24) is 29.7 Å². The molecular formula is C45H49Cl2F2N7O5S. The van der Waals surface area contributed by atoms with E-state index in [4.69, 9.17) is 32.7 Å². The molecule has 2 saturated heterocycles. The number of nitrogens with one attached hydrogen (secondary N) is 2. The van der Waals surface area contributed by atoms with Crippen molar-refractivity contribution in [3.8, 4) is 17.4 Å². The molecule has 0 saturated carbocycles. The van der Waals surface area contributed by atoms with Gasteiger partial charge >= 0.3 is 0 Å². The summed E-state index contributed by atoms with van der Waals surface area (Å²) in [6.45, 7) is 7.73. The van der Waals surface area contributed by atoms with E-state index in [1.807, 2.05) is 18.2 Å². The predicted octanol–water partition coefficient (Wildman–Crippen LogP) is 8.72. The quantitative estimate of drug-likeness (QED) is 0.112. The van der Waals surface area contributed by atoms with Crippen molar-refractivity contribution in [2.45, 2.75) is 56.6 Å². The van der Waals surface area contributed by atoms with Gasteiger partial charge < -0.3 is 14.4 Å². The number of pyridine rings is 1. The number of rotatable bonds is 14. The van der Waals surface area contributed by atoms with Crippen LogP contribution in [0.25, 0.3) is 16.5 Å². The minimum Gasteiger partial charge on any atom is -0.472 e. The van der Waals surface area contributed by atoms with Crippen LogP contribution in [0.5, 0.6) is 17.4 Å². The summed E-state index contributed by atoms with van der Waals surface area (Å²) in [7, 11) is -4.49. The summed E-state index contributed by atoms with van der Waals surface area (Å²) in [4.78, 5) is 24.1. The van der Waals surface area contributed by atoms with Gasteiger partial charge in [-0.3, -0.25) is 19.7 Å². The van der Waals surface area contributed by atoms with E-state index in [1.165, 1.54) is 16.7 Å². The molecule has 17 heteroatoms. The maximum absolute atomic E-state index is 13.9. The highest BCUT2D eigenvalue weighted by Gasteiger charge is 2.32. The molecule has 3 aromatic carbocycles. The molecule has 0 bridgehead atoms. The molecule has 3 aliphatic rings. The number of benzene rings is 3. The van der Waals surface area contributed by atoms with E-state index < -0.39 is 41.4 Å². The van der Waals surface area contributed by atoms with E-state index in [9.17, 15) is 22.0 Å². The number of halogens is 4. The van der Waals surface area contributed by atoms with E-state index in [2.05, 4.69) is 55.7 Å². The van der Waals surface area contributed by atoms with Crippen LogP contribution in [0.2, 0.25) is 10.0 Å². The molecule has 2 aromatic heterocycles. The largest absolute Gasteiger partial charge is 0.472 e. The molecule has 1 atom stereocenters. The Morgan fingerprint density at radius 1 is 0.984 bits per heavy atom. The van der Waals surface area contributed by atoms with Crippen LogP contribution in [0.15, 0.2) is 89.6 Å². The van der Waals surface area contributed by atoms with Crippen molar-refractivity contribution in [2.75, 3.05) is 64.1 Å². The van der Waals surface area contributed by atoms with Crippen molar-refractivity contribution < 1.29 is 31.5 Å². The Morgan fingerprint density at radius 2 is 1.76 bits per heavy atom. The Morgan fingerprint density at radius 3 is 2.50 bits per heavy atom. The van der Waals surface area contributed by atoms with Crippen LogP contribution < -0.4 is 19.1 Å². The molecule has 5 aromatic rings. The molecular weight excluding hydrogens is 860 g/mol. The van der Waals surface area contributed by atoms with Crippen molar-refractivity contribution in [3.63, 3.8) is 0 Å². The van der Waals surface area contributed by atoms with E-state index in [-0.39, 0.29) is 39.1 Å². The Kier molecular flexibility index (Phi) is 13.1. The Labute approximate surface area is 370 Å². The molecule has 12 nitrogen and oxygen atoms in total. The third-order valence-corrected chi connectivity index (χ3v) is 13.9. The molecule has 2 fully saturated rings. The number of ether oxygens (including phenoxy) is 2. The van der Waals surface area contributed by atoms with Gasteiger partial charge in [-0.15, -0.1) is 0 Å². The number of anilines is 1. The van der Waals surface area contributed by atoms with Crippen molar-refractivity contribution in [2.24, 2.45) is 5.41 Å². The Balaban J connectivity index is 0.985. The predicted molar refractivity (Wildman–Crippen MR) is 238 cm³/mol. The number of fused-ring (bicyclic) bond motifs is 1. The topological polar surface area (TPSA) is 133 Å². The summed E-state index contributed by atoms with van der Waals surface area (Å²) in [5, 5.41) is 8.36. The van der Waals surface area contributed by atoms with Gasteiger partial charge in [0, 0.05) is 62.6 Å². The maximum Gasteiger partial charge on any atom is 0.268 e. The van der Waals surface area contributed by atoms with Gasteiger partial charge in [-0.05, 0) is 84.7 Å². The fourth-order valence-corrected chi connectivity index (χ4v) is 9.82. The number of nitrogens with zero attached hydrogens (tertiary/aromatic N) is 5. The lowest BCUT2D eigenvalue weighted by molar-refractivity contribution is 0.0979. The van der Waals surface area contributed by atoms with Gasteiger partial charge in [0.05, 0.1) is 34.9 Å². The Bertz CT molecular complexity index is 2560. The van der Waals surface area contributed by atoms with Crippen molar-refractivity contribution >= 4 is 61.3 Å². The molecule has 2 N–H and O–H groups in total. The number of carbonyl (C=O) groups is 1. The summed E-state index contributed by atoms with van der Waals surface area (Å²) in [5.41, 5.74) is 5.87. The highest BCUT2D eigenvalue weighted by atomic mass is 35.5. The molecule has 4 heterocycles. The van der Waals surface area contributed by atoms with Gasteiger partial charge in [0.25, 0.3) is 15.9 Å². The average molecular weight is 909 g/mol. The number of piperazine rings is 1. The van der Waals surface area contributed by atoms with Crippen LogP contribution in [-0.4, -0.2) is 111 Å². The van der Waals surface area contributed by atoms with Crippen LogP contribution in [-0.2, 0) is 10.0 Å². The standard InChI is InChI=1S/C45H49Cl2F2N7O5S/c1-45(2)14-12-30(37(22-45)29-6-8-31(46)9-7-29)27-54-16-18-55(19-17-54)32-10-11-36(42(20-32)61-41-5-3-4-40-38(41)26-51-52-40)43(57)53-62(58,59)35-21-39(47)44(50-25-35)60-34-13-15-56(28-34)33(23-48)24-49/h3-11,20-21,25-26,33-34H,12-19,22-24,27-28H2,1-2H3,(H,51,52)(H,53,57)/t34-/m1/s1. The number of alkyl halides is 2. The minimum atomic E-state index is -4.49. The van der Waals surface area contributed by atoms with Crippen molar-refractivity contribution in [1.29, 1.82) is 0 Å². The number of hydrogen-bond donors (Lipinski definition) is 2. The van der Waals surface area contributed by atoms with Gasteiger partial charge in [0.1, 0.15) is 40.9 Å². The van der Waals surface area contributed by atoms with E-state index in [0.29, 0.717) is 24.1 Å². The molecule has 328 valence electrons. The lowest BCUT2D eigenvalue weighted by Crippen LogP contribution is -2.47. The second kappa shape index (κ2) is 18.5. The molecule has 1 amide bonds. The monoisotopic (exact) mass is 907 g/mol. The first-order valence-electron chi connectivity index (χ1n) is 20.7. The van der Waals surface area contributed by atoms with Gasteiger partial charge in [0.2, 0.25) is 5.88 Å². The summed E-state index contributed by atoms with van der Waals surface area (Å²) >= 11 is 12.7. The molecule has 0 unspecified atom stereocenters. The van der Waals surface area contributed by atoms with Crippen LogP contribution in [0.1, 0.15) is 55.5 Å². The summed E-state index contributed by atoms with van der Waals surface area (Å²) in [6.07, 6.45) is 5.90. The SMILES string of the molecule is CC1(C)CCC(CN2CCN(c3ccc(C(=O)NS(=O)(=O)c4cnc(O[C@@H]5CCN(C(CF)CF)C5)c(Cl)c4)c(Oc4cccc5[nH]ncc45)c3)CC2)=C(c2ccc(Cl)cc2)C1. The van der Waals surface area contributed by atoms with Gasteiger partial charge in [-0.1, -0.05) is 60.8 Å². The number of likely N-dealkylation sites (tertiary alicyclic amines) is 1. The van der Waals surface area contributed by atoms with E-state index >= 15 is 0 Å². The third-order valence-electron chi connectivity index (χ3n) is 12.1. The number of H-pyrrole nitrogens is 1. The zero-order valence-corrected chi connectivity index (χ0v) is 36.9. The summed E-state index contributed by atoms with van der Waals surface area (Å²) in [5.74, 6) is -0.368. The number of amides is 1. The van der Waals surface area contributed by atoms with Gasteiger partial charge in [-0.2, -0.15) is 5.10 Å². The molecule has 62 heavy (non-hydrogen) atoms. The highest BCUT2D eigenvalue weighted by Crippen LogP contribution is 2.43. The second-order valence-corrected chi connectivity index (χ2v) is 19.5. The zero-order chi connectivity index (χ0) is 43.6. The lowest BCUT2D eigenvalue weighted by atomic mass is 9.72. The third kappa shape index (κ3) is 9.87. The molecule has 8 rings (SSSR count). The smallest absolute Gasteiger partial charge is 0.268 e. The highest BCUT2D eigenvalue weighted by molar-refractivity contribution is 7.90. The maximum atomic E-state index is 13.9. The zero-order valence-electron chi connectivity index (χ0n) is 34.6. The molecule has 2 aliphatic heterocycles. The first-order chi connectivity index (χ1) is 29.8. The van der Waals surface area contributed by atoms with Crippen molar-refractivity contribution in [3.05, 3.63) is 106 Å². The number of aromatic nitrogens is 3. The lowest BCUT2D eigenvalue weighted by Gasteiger charge is -2.39. The molecule has 0 spiro atoms. The van der Waals surface area contributed by atoms with Crippen LogP contribution in [0.4, 0.5) is 14.5 Å². The number of aromatic amines is 1. The number of allylic oxidation sites excluding steroid dienone is 1. The Hall–Kier alpha value is -4.80. The fourth-order valence-electron chi connectivity index (χ4n) is 8.48. The normalized spacial score (nSPS) is 18.8. The minimum absolute atomic E-state index is 0.0111. The number of sulfonamides is 1. The van der Waals surface area contributed by atoms with E-state index in [0.717, 1.165) is 80.5 Å². The van der Waals surface area contributed by atoms with E-state index in [1.54, 1.807) is 41.4 Å². The first kappa shape index (κ1) is 43.8. The van der Waals surface area contributed by atoms with Crippen LogP contribution in [0, 0.1) is 5.41 Å². The van der Waals surface area contributed by atoms with Crippen LogP contribution >= 0.6 is 23.2 Å². The molecule has 0 radical (unpaired) electrons. The average Bonchev–Trinajstić information content (AvgIpc) is 3.94. The fraction of sp³-hybridized carbons (Fsp3) is 0.400. The number of carbonyl (C=O) groups excluding carboxylic acids is 1.